The van der Waals surface area contributed by atoms with E-state index >= 15 is 0 Å². The molecule has 1 saturated carbocycles. The molecule has 2 nitrogen and oxygen atoms in total. The minimum absolute atomic E-state index is 0.000601. The van der Waals surface area contributed by atoms with Gasteiger partial charge < -0.3 is 10.6 Å². The van der Waals surface area contributed by atoms with Gasteiger partial charge in [-0.3, -0.25) is 0 Å². The third kappa shape index (κ3) is 6.75. The van der Waals surface area contributed by atoms with Gasteiger partial charge in [-0.05, 0) is 65.0 Å². The second-order valence-corrected chi connectivity index (χ2v) is 7.25. The molecule has 0 aromatic rings. The average molecular weight is 254 g/mol. The first-order chi connectivity index (χ1) is 8.38. The standard InChI is InChI=1S/C16H34N2/c1-14(2)10-13-18(15-8-5-6-9-15)12-7-11-16(3,4)17/h14-15H,5-13,17H2,1-4H3. The van der Waals surface area contributed by atoms with Crippen molar-refractivity contribution >= 4 is 0 Å². The van der Waals surface area contributed by atoms with E-state index in [1.165, 1.54) is 51.6 Å². The Kier molecular flexibility index (Phi) is 6.65. The van der Waals surface area contributed by atoms with Gasteiger partial charge in [-0.15, -0.1) is 0 Å². The van der Waals surface area contributed by atoms with Crippen LogP contribution in [0.2, 0.25) is 0 Å². The summed E-state index contributed by atoms with van der Waals surface area (Å²) in [7, 11) is 0. The second kappa shape index (κ2) is 7.49. The van der Waals surface area contributed by atoms with Crippen molar-refractivity contribution in [2.24, 2.45) is 11.7 Å². The lowest BCUT2D eigenvalue weighted by Gasteiger charge is -2.30. The fraction of sp³-hybridized carbons (Fsp3) is 1.00. The Morgan fingerprint density at radius 2 is 1.78 bits per heavy atom. The summed E-state index contributed by atoms with van der Waals surface area (Å²) in [5.74, 6) is 0.819. The summed E-state index contributed by atoms with van der Waals surface area (Å²) in [6.07, 6.45) is 9.43. The predicted molar refractivity (Wildman–Crippen MR) is 80.8 cm³/mol. The van der Waals surface area contributed by atoms with Gasteiger partial charge >= 0.3 is 0 Å². The number of hydrogen-bond acceptors (Lipinski definition) is 2. The predicted octanol–water partition coefficient (Wildman–Crippen LogP) is 3.79. The van der Waals surface area contributed by atoms with Crippen LogP contribution >= 0.6 is 0 Å². The van der Waals surface area contributed by atoms with Crippen molar-refractivity contribution in [3.8, 4) is 0 Å². The molecule has 0 radical (unpaired) electrons. The molecule has 0 amide bonds. The Labute approximate surface area is 114 Å². The van der Waals surface area contributed by atoms with Crippen LogP contribution in [0.1, 0.15) is 72.6 Å². The number of nitrogens with two attached hydrogens (primary N) is 1. The summed E-state index contributed by atoms with van der Waals surface area (Å²) in [5.41, 5.74) is 6.08. The lowest BCUT2D eigenvalue weighted by atomic mass is 9.99. The van der Waals surface area contributed by atoms with Crippen LogP contribution in [0.5, 0.6) is 0 Å². The van der Waals surface area contributed by atoms with Crippen LogP contribution in [0.15, 0.2) is 0 Å². The van der Waals surface area contributed by atoms with Crippen molar-refractivity contribution in [3.63, 3.8) is 0 Å². The summed E-state index contributed by atoms with van der Waals surface area (Å²) < 4.78 is 0. The van der Waals surface area contributed by atoms with Gasteiger partial charge in [0.2, 0.25) is 0 Å². The molecule has 0 atom stereocenters. The van der Waals surface area contributed by atoms with Gasteiger partial charge in [-0.25, -0.2) is 0 Å². The summed E-state index contributed by atoms with van der Waals surface area (Å²) in [6, 6.07) is 0.865. The van der Waals surface area contributed by atoms with Crippen molar-refractivity contribution in [3.05, 3.63) is 0 Å². The zero-order valence-corrected chi connectivity index (χ0v) is 13.0. The maximum absolute atomic E-state index is 6.08. The highest BCUT2D eigenvalue weighted by Gasteiger charge is 2.22. The molecule has 1 aliphatic rings. The molecule has 2 N–H and O–H groups in total. The highest BCUT2D eigenvalue weighted by molar-refractivity contribution is 4.79. The molecule has 1 rings (SSSR count). The minimum atomic E-state index is -0.000601. The van der Waals surface area contributed by atoms with Gasteiger partial charge in [0.1, 0.15) is 0 Å². The van der Waals surface area contributed by atoms with E-state index in [0.29, 0.717) is 0 Å². The lowest BCUT2D eigenvalue weighted by Crippen LogP contribution is -2.38. The Balaban J connectivity index is 2.34. The van der Waals surface area contributed by atoms with Crippen LogP contribution in [0.4, 0.5) is 0 Å². The van der Waals surface area contributed by atoms with Crippen molar-refractivity contribution < 1.29 is 0 Å². The minimum Gasteiger partial charge on any atom is -0.326 e. The topological polar surface area (TPSA) is 29.3 Å². The zero-order valence-electron chi connectivity index (χ0n) is 13.0. The van der Waals surface area contributed by atoms with Crippen molar-refractivity contribution in [1.29, 1.82) is 0 Å². The highest BCUT2D eigenvalue weighted by atomic mass is 15.2. The van der Waals surface area contributed by atoms with Gasteiger partial charge in [-0.1, -0.05) is 26.7 Å². The van der Waals surface area contributed by atoms with E-state index in [1.807, 2.05) is 0 Å². The van der Waals surface area contributed by atoms with E-state index in [2.05, 4.69) is 32.6 Å². The van der Waals surface area contributed by atoms with Gasteiger partial charge in [-0.2, -0.15) is 0 Å². The van der Waals surface area contributed by atoms with Crippen LogP contribution in [0.3, 0.4) is 0 Å². The maximum Gasteiger partial charge on any atom is 0.00975 e. The zero-order chi connectivity index (χ0) is 13.6. The Morgan fingerprint density at radius 3 is 2.28 bits per heavy atom. The summed E-state index contributed by atoms with van der Waals surface area (Å²) in [5, 5.41) is 0. The molecule has 2 heteroatoms. The third-order valence-corrected chi connectivity index (χ3v) is 4.10. The normalized spacial score (nSPS) is 18.2. The van der Waals surface area contributed by atoms with Gasteiger partial charge in [0.25, 0.3) is 0 Å². The van der Waals surface area contributed by atoms with Gasteiger partial charge in [0.05, 0.1) is 0 Å². The first-order valence-electron chi connectivity index (χ1n) is 7.91. The summed E-state index contributed by atoms with van der Waals surface area (Å²) in [6.45, 7) is 11.5. The Bertz CT molecular complexity index is 212. The largest absolute Gasteiger partial charge is 0.326 e. The second-order valence-electron chi connectivity index (χ2n) is 7.25. The van der Waals surface area contributed by atoms with Crippen LogP contribution in [0.25, 0.3) is 0 Å². The molecule has 1 aliphatic carbocycles. The number of nitrogens with zero attached hydrogens (tertiary/aromatic N) is 1. The van der Waals surface area contributed by atoms with E-state index in [-0.39, 0.29) is 5.54 Å². The van der Waals surface area contributed by atoms with Crippen LogP contribution in [-0.4, -0.2) is 29.6 Å². The van der Waals surface area contributed by atoms with Crippen molar-refractivity contribution in [1.82, 2.24) is 4.90 Å². The molecule has 1 fully saturated rings. The SMILES string of the molecule is CC(C)CCN(CCCC(C)(C)N)C1CCCC1. The fourth-order valence-electron chi connectivity index (χ4n) is 2.91. The first-order valence-corrected chi connectivity index (χ1v) is 7.91. The maximum atomic E-state index is 6.08. The van der Waals surface area contributed by atoms with E-state index in [4.69, 9.17) is 5.73 Å². The van der Waals surface area contributed by atoms with Crippen LogP contribution < -0.4 is 5.73 Å². The van der Waals surface area contributed by atoms with E-state index in [0.717, 1.165) is 18.4 Å². The quantitative estimate of drug-likeness (QED) is 0.714. The molecule has 0 spiro atoms. The number of hydrogen-bond donors (Lipinski definition) is 1. The van der Waals surface area contributed by atoms with E-state index in [9.17, 15) is 0 Å². The van der Waals surface area contributed by atoms with Crippen LogP contribution in [0, 0.1) is 5.92 Å². The van der Waals surface area contributed by atoms with Gasteiger partial charge in [0, 0.05) is 11.6 Å². The smallest absolute Gasteiger partial charge is 0.00975 e. The number of rotatable bonds is 8. The third-order valence-electron chi connectivity index (χ3n) is 4.10. The van der Waals surface area contributed by atoms with E-state index < -0.39 is 0 Å². The van der Waals surface area contributed by atoms with Crippen molar-refractivity contribution in [2.45, 2.75) is 84.2 Å². The molecule has 0 aliphatic heterocycles. The molecule has 18 heavy (non-hydrogen) atoms. The molecule has 0 bridgehead atoms. The Hall–Kier alpha value is -0.0800. The molecular formula is C16H34N2. The summed E-state index contributed by atoms with van der Waals surface area (Å²) >= 11 is 0. The van der Waals surface area contributed by atoms with Crippen molar-refractivity contribution in [2.75, 3.05) is 13.1 Å². The molecule has 0 aromatic carbocycles. The first kappa shape index (κ1) is 16.0. The molecule has 108 valence electrons. The average Bonchev–Trinajstić information content (AvgIpc) is 2.74. The Morgan fingerprint density at radius 1 is 1.17 bits per heavy atom. The molecule has 0 aromatic heterocycles. The van der Waals surface area contributed by atoms with Gasteiger partial charge in [0.15, 0.2) is 0 Å². The lowest BCUT2D eigenvalue weighted by molar-refractivity contribution is 0.180. The molecule has 0 saturated heterocycles. The fourth-order valence-corrected chi connectivity index (χ4v) is 2.91. The van der Waals surface area contributed by atoms with E-state index in [1.54, 1.807) is 0 Å². The summed E-state index contributed by atoms with van der Waals surface area (Å²) in [4.78, 5) is 2.75. The molecule has 0 unspecified atom stereocenters. The molecular weight excluding hydrogens is 220 g/mol. The molecule has 0 heterocycles. The highest BCUT2D eigenvalue weighted by Crippen LogP contribution is 2.24. The van der Waals surface area contributed by atoms with Crippen LogP contribution in [-0.2, 0) is 0 Å². The monoisotopic (exact) mass is 254 g/mol.